The van der Waals surface area contributed by atoms with Gasteiger partial charge in [0.25, 0.3) is 0 Å². The molecular formula is C15H14BrF2N. The Labute approximate surface area is 119 Å². The summed E-state index contributed by atoms with van der Waals surface area (Å²) in [5, 5.41) is 3.29. The zero-order valence-electron chi connectivity index (χ0n) is 10.7. The summed E-state index contributed by atoms with van der Waals surface area (Å²) < 4.78 is 27.1. The maximum Gasteiger partial charge on any atom is 0.159 e. The van der Waals surface area contributed by atoms with Gasteiger partial charge in [-0.05, 0) is 49.2 Å². The fraction of sp³-hybridized carbons (Fsp3) is 0.200. The van der Waals surface area contributed by atoms with Crippen LogP contribution in [0.3, 0.4) is 0 Å². The molecule has 19 heavy (non-hydrogen) atoms. The first-order chi connectivity index (χ1) is 8.97. The van der Waals surface area contributed by atoms with E-state index in [4.69, 9.17) is 0 Å². The van der Waals surface area contributed by atoms with Gasteiger partial charge in [-0.1, -0.05) is 28.1 Å². The minimum atomic E-state index is -0.824. The molecule has 1 N–H and O–H groups in total. The van der Waals surface area contributed by atoms with Crippen LogP contribution in [0.4, 0.5) is 14.5 Å². The minimum Gasteiger partial charge on any atom is -0.378 e. The zero-order valence-corrected chi connectivity index (χ0v) is 12.3. The van der Waals surface area contributed by atoms with Gasteiger partial charge in [0.05, 0.1) is 0 Å². The quantitative estimate of drug-likeness (QED) is 0.816. The average Bonchev–Trinajstić information content (AvgIpc) is 2.37. The summed E-state index contributed by atoms with van der Waals surface area (Å²) in [6.07, 6.45) is 0. The molecule has 0 radical (unpaired) electrons. The highest BCUT2D eigenvalue weighted by molar-refractivity contribution is 9.10. The van der Waals surface area contributed by atoms with Crippen molar-refractivity contribution in [3.63, 3.8) is 0 Å². The van der Waals surface area contributed by atoms with Crippen molar-refractivity contribution in [2.75, 3.05) is 5.32 Å². The number of aryl methyl sites for hydroxylation is 1. The molecule has 0 bridgehead atoms. The number of hydrogen-bond donors (Lipinski definition) is 1. The van der Waals surface area contributed by atoms with E-state index in [9.17, 15) is 8.78 Å². The zero-order chi connectivity index (χ0) is 14.0. The lowest BCUT2D eigenvalue weighted by Gasteiger charge is -2.18. The monoisotopic (exact) mass is 325 g/mol. The molecule has 2 rings (SSSR count). The van der Waals surface area contributed by atoms with Crippen molar-refractivity contribution in [3.8, 4) is 0 Å². The van der Waals surface area contributed by atoms with E-state index in [0.717, 1.165) is 21.8 Å². The summed E-state index contributed by atoms with van der Waals surface area (Å²) in [5.74, 6) is -1.65. The van der Waals surface area contributed by atoms with E-state index in [-0.39, 0.29) is 6.04 Å². The van der Waals surface area contributed by atoms with Crippen molar-refractivity contribution in [2.45, 2.75) is 19.9 Å². The first-order valence-corrected chi connectivity index (χ1v) is 6.74. The summed E-state index contributed by atoms with van der Waals surface area (Å²) in [6, 6.07) is 9.77. The van der Waals surface area contributed by atoms with Crippen LogP contribution in [0.25, 0.3) is 0 Å². The maximum atomic E-state index is 13.2. The van der Waals surface area contributed by atoms with Crippen LogP contribution in [-0.4, -0.2) is 0 Å². The molecule has 4 heteroatoms. The third-order valence-electron chi connectivity index (χ3n) is 3.02. The Bertz CT molecular complexity index is 599. The van der Waals surface area contributed by atoms with Crippen LogP contribution in [-0.2, 0) is 0 Å². The third-order valence-corrected chi connectivity index (χ3v) is 3.51. The summed E-state index contributed by atoms with van der Waals surface area (Å²) in [4.78, 5) is 0. The molecule has 1 nitrogen and oxygen atoms in total. The van der Waals surface area contributed by atoms with Crippen LogP contribution in [0.15, 0.2) is 40.9 Å². The minimum absolute atomic E-state index is 0.108. The van der Waals surface area contributed by atoms with Gasteiger partial charge < -0.3 is 5.32 Å². The summed E-state index contributed by atoms with van der Waals surface area (Å²) in [5.41, 5.74) is 2.77. The highest BCUT2D eigenvalue weighted by atomic mass is 79.9. The van der Waals surface area contributed by atoms with Gasteiger partial charge >= 0.3 is 0 Å². The molecule has 0 heterocycles. The van der Waals surface area contributed by atoms with Crippen molar-refractivity contribution >= 4 is 21.6 Å². The second kappa shape index (κ2) is 5.70. The van der Waals surface area contributed by atoms with Gasteiger partial charge in [0.15, 0.2) is 11.6 Å². The molecule has 100 valence electrons. The number of nitrogens with one attached hydrogen (secondary N) is 1. The van der Waals surface area contributed by atoms with E-state index in [1.807, 2.05) is 32.0 Å². The Morgan fingerprint density at radius 3 is 2.47 bits per heavy atom. The van der Waals surface area contributed by atoms with Crippen LogP contribution in [0.1, 0.15) is 24.1 Å². The van der Waals surface area contributed by atoms with Crippen molar-refractivity contribution in [2.24, 2.45) is 0 Å². The lowest BCUT2D eigenvalue weighted by Crippen LogP contribution is -2.08. The molecule has 1 unspecified atom stereocenters. The van der Waals surface area contributed by atoms with Gasteiger partial charge in [-0.15, -0.1) is 0 Å². The average molecular weight is 326 g/mol. The van der Waals surface area contributed by atoms with Crippen molar-refractivity contribution in [1.29, 1.82) is 0 Å². The summed E-state index contributed by atoms with van der Waals surface area (Å²) in [6.45, 7) is 3.90. The third kappa shape index (κ3) is 3.32. The van der Waals surface area contributed by atoms with Gasteiger partial charge in [-0.2, -0.15) is 0 Å². The van der Waals surface area contributed by atoms with E-state index < -0.39 is 11.6 Å². The predicted octanol–water partition coefficient (Wildman–Crippen LogP) is 5.21. The number of anilines is 1. The number of benzene rings is 2. The SMILES string of the molecule is Cc1ccc(Br)cc1NC(C)c1ccc(F)c(F)c1. The van der Waals surface area contributed by atoms with E-state index >= 15 is 0 Å². The second-order valence-corrected chi connectivity index (χ2v) is 5.41. The molecule has 2 aromatic carbocycles. The van der Waals surface area contributed by atoms with Crippen LogP contribution in [0, 0.1) is 18.6 Å². The predicted molar refractivity (Wildman–Crippen MR) is 77.3 cm³/mol. The Kier molecular flexibility index (Phi) is 4.20. The molecule has 0 aliphatic heterocycles. The lowest BCUT2D eigenvalue weighted by atomic mass is 10.1. The Hall–Kier alpha value is -1.42. The van der Waals surface area contributed by atoms with E-state index in [1.165, 1.54) is 6.07 Å². The largest absolute Gasteiger partial charge is 0.378 e. The summed E-state index contributed by atoms with van der Waals surface area (Å²) >= 11 is 3.41. The van der Waals surface area contributed by atoms with Gasteiger partial charge in [0, 0.05) is 16.2 Å². The van der Waals surface area contributed by atoms with Crippen LogP contribution < -0.4 is 5.32 Å². The van der Waals surface area contributed by atoms with Gasteiger partial charge in [-0.25, -0.2) is 8.78 Å². The highest BCUT2D eigenvalue weighted by Gasteiger charge is 2.10. The molecule has 0 aliphatic carbocycles. The Morgan fingerprint density at radius 1 is 1.05 bits per heavy atom. The van der Waals surface area contributed by atoms with E-state index in [0.29, 0.717) is 5.56 Å². The van der Waals surface area contributed by atoms with Crippen molar-refractivity contribution in [1.82, 2.24) is 0 Å². The molecule has 0 fully saturated rings. The van der Waals surface area contributed by atoms with Gasteiger partial charge in [-0.3, -0.25) is 0 Å². The topological polar surface area (TPSA) is 12.0 Å². The summed E-state index contributed by atoms with van der Waals surface area (Å²) in [7, 11) is 0. The van der Waals surface area contributed by atoms with Crippen LogP contribution in [0.2, 0.25) is 0 Å². The first-order valence-electron chi connectivity index (χ1n) is 5.95. The van der Waals surface area contributed by atoms with E-state index in [1.54, 1.807) is 6.07 Å². The normalized spacial score (nSPS) is 12.3. The molecule has 0 saturated carbocycles. The molecule has 0 aliphatic rings. The maximum absolute atomic E-state index is 13.2. The molecule has 0 saturated heterocycles. The van der Waals surface area contributed by atoms with Gasteiger partial charge in [0.2, 0.25) is 0 Å². The number of halogens is 3. The second-order valence-electron chi connectivity index (χ2n) is 4.50. The molecular weight excluding hydrogens is 312 g/mol. The number of rotatable bonds is 3. The molecule has 2 aromatic rings. The molecule has 1 atom stereocenters. The van der Waals surface area contributed by atoms with Crippen LogP contribution >= 0.6 is 15.9 Å². The number of hydrogen-bond acceptors (Lipinski definition) is 1. The van der Waals surface area contributed by atoms with Crippen molar-refractivity contribution < 1.29 is 8.78 Å². The first kappa shape index (κ1) is 14.0. The van der Waals surface area contributed by atoms with Crippen LogP contribution in [0.5, 0.6) is 0 Å². The Balaban J connectivity index is 2.22. The fourth-order valence-corrected chi connectivity index (χ4v) is 2.21. The lowest BCUT2D eigenvalue weighted by molar-refractivity contribution is 0.506. The molecule has 0 spiro atoms. The smallest absolute Gasteiger partial charge is 0.159 e. The molecule has 0 aromatic heterocycles. The van der Waals surface area contributed by atoms with Gasteiger partial charge in [0.1, 0.15) is 0 Å². The standard InChI is InChI=1S/C15H14BrF2N/c1-9-3-5-12(16)8-15(9)19-10(2)11-4-6-13(17)14(18)7-11/h3-8,10,19H,1-2H3. The fourth-order valence-electron chi connectivity index (χ4n) is 1.85. The molecule has 0 amide bonds. The van der Waals surface area contributed by atoms with E-state index in [2.05, 4.69) is 21.2 Å². The Morgan fingerprint density at radius 2 is 1.79 bits per heavy atom. The van der Waals surface area contributed by atoms with Crippen molar-refractivity contribution in [3.05, 3.63) is 63.6 Å². The highest BCUT2D eigenvalue weighted by Crippen LogP contribution is 2.26.